The second kappa shape index (κ2) is 8.66. The van der Waals surface area contributed by atoms with Gasteiger partial charge in [0.2, 0.25) is 0 Å². The lowest BCUT2D eigenvalue weighted by Gasteiger charge is -2.24. The second-order valence-electron chi connectivity index (χ2n) is 7.88. The van der Waals surface area contributed by atoms with Gasteiger partial charge in [0.05, 0.1) is 30.6 Å². The summed E-state index contributed by atoms with van der Waals surface area (Å²) in [6.45, 7) is 0. The Balaban J connectivity index is 2.60. The molecule has 3 N–H and O–H groups in total. The first kappa shape index (κ1) is 26.7. The van der Waals surface area contributed by atoms with E-state index in [0.29, 0.717) is 0 Å². The maximum Gasteiger partial charge on any atom is 0.182 e. The van der Waals surface area contributed by atoms with Gasteiger partial charge in [0.1, 0.15) is 17.2 Å². The molecule has 0 spiro atoms. The van der Waals surface area contributed by atoms with E-state index in [1.54, 1.807) is 0 Å². The number of benzene rings is 3. The van der Waals surface area contributed by atoms with E-state index < -0.39 is 69.8 Å². The fourth-order valence-corrected chi connectivity index (χ4v) is 8.48. The zero-order valence-electron chi connectivity index (χ0n) is 18.6. The summed E-state index contributed by atoms with van der Waals surface area (Å²) in [5.41, 5.74) is 0. The molecule has 0 saturated heterocycles. The van der Waals surface area contributed by atoms with E-state index in [0.717, 1.165) is 73.4 Å². The Kier molecular flexibility index (Phi) is 6.62. The molecule has 0 aliphatic carbocycles. The summed E-state index contributed by atoms with van der Waals surface area (Å²) >= 11 is 0. The van der Waals surface area contributed by atoms with Gasteiger partial charge in [0.15, 0.2) is 36.7 Å². The average Bonchev–Trinajstić information content (AvgIpc) is 2.71. The number of hydrogen-bond donors (Lipinski definition) is 3. The highest BCUT2D eigenvalue weighted by Crippen LogP contribution is 2.50. The minimum atomic E-state index is -4.72. The molecule has 35 heavy (non-hydrogen) atoms. The number of phenolic OH excluding ortho intramolecular Hbond substituents is 3. The minimum absolute atomic E-state index is 0.372. The van der Waals surface area contributed by atoms with Crippen molar-refractivity contribution >= 4 is 52.6 Å². The quantitative estimate of drug-likeness (QED) is 0.362. The zero-order valence-corrected chi connectivity index (χ0v) is 21.9. The maximum atomic E-state index is 14.9. The molecule has 10 nitrogen and oxygen atoms in total. The van der Waals surface area contributed by atoms with Crippen LogP contribution in [-0.2, 0) is 34.1 Å². The van der Waals surface area contributed by atoms with Gasteiger partial charge in [-0.1, -0.05) is 0 Å². The summed E-state index contributed by atoms with van der Waals surface area (Å²) < 4.78 is 87.9. The SMILES string of the molecule is CS(=O)(=O)c1ccc(O)c(P(=O)(c2cc(S(C)(=O)=O)ccc2O)c2cc(S(C)(=O)=O)ccc2O)c1. The fraction of sp³-hybridized carbons (Fsp3) is 0.143. The highest BCUT2D eigenvalue weighted by atomic mass is 32.2. The Bertz CT molecular complexity index is 1520. The van der Waals surface area contributed by atoms with Crippen LogP contribution in [0.3, 0.4) is 0 Å². The minimum Gasteiger partial charge on any atom is -0.507 e. The standard InChI is InChI=1S/C21H21O10PS3/c1-33(26,27)13-4-7-16(22)19(10-13)32(25,20-11-14(34(2,28)29)5-8-17(20)23)21-12-15(35(3,30)31)6-9-18(21)24/h4-12,22-24H,1-3H3. The van der Waals surface area contributed by atoms with Crippen LogP contribution in [0, 0.1) is 0 Å². The van der Waals surface area contributed by atoms with Crippen LogP contribution in [0.25, 0.3) is 0 Å². The molecule has 14 heteroatoms. The van der Waals surface area contributed by atoms with Crippen molar-refractivity contribution in [1.82, 2.24) is 0 Å². The van der Waals surface area contributed by atoms with E-state index in [-0.39, 0.29) is 14.7 Å². The molecule has 0 bridgehead atoms. The predicted octanol–water partition coefficient (Wildman–Crippen LogP) is 0.653. The van der Waals surface area contributed by atoms with E-state index in [1.165, 1.54) is 0 Å². The molecule has 0 aliphatic heterocycles. The first-order valence-electron chi connectivity index (χ1n) is 9.58. The topological polar surface area (TPSA) is 180 Å². The van der Waals surface area contributed by atoms with Gasteiger partial charge in [-0.3, -0.25) is 0 Å². The van der Waals surface area contributed by atoms with Crippen molar-refractivity contribution in [3.05, 3.63) is 54.6 Å². The molecule has 0 atom stereocenters. The number of phenols is 3. The monoisotopic (exact) mass is 560 g/mol. The average molecular weight is 561 g/mol. The van der Waals surface area contributed by atoms with E-state index in [2.05, 4.69) is 0 Å². The lowest BCUT2D eigenvalue weighted by atomic mass is 10.3. The first-order chi connectivity index (χ1) is 15.9. The third-order valence-corrected chi connectivity index (χ3v) is 11.6. The Labute approximate surface area is 202 Å². The van der Waals surface area contributed by atoms with E-state index in [9.17, 15) is 45.1 Å². The molecule has 0 aromatic heterocycles. The number of hydrogen-bond acceptors (Lipinski definition) is 10. The molecule has 0 fully saturated rings. The third kappa shape index (κ3) is 5.08. The smallest absolute Gasteiger partial charge is 0.182 e. The largest absolute Gasteiger partial charge is 0.507 e. The molecule has 0 aliphatic rings. The van der Waals surface area contributed by atoms with Crippen LogP contribution in [0.4, 0.5) is 0 Å². The summed E-state index contributed by atoms with van der Waals surface area (Å²) in [5, 5.41) is 30.2. The highest BCUT2D eigenvalue weighted by Gasteiger charge is 2.39. The molecule has 3 rings (SSSR count). The van der Waals surface area contributed by atoms with Crippen LogP contribution in [0.5, 0.6) is 17.2 Å². The van der Waals surface area contributed by atoms with Crippen molar-refractivity contribution in [2.45, 2.75) is 14.7 Å². The van der Waals surface area contributed by atoms with Gasteiger partial charge < -0.3 is 19.9 Å². The molecule has 0 heterocycles. The number of sulfone groups is 3. The van der Waals surface area contributed by atoms with Crippen LogP contribution in [-0.4, -0.2) is 59.3 Å². The summed E-state index contributed by atoms with van der Waals surface area (Å²) in [6.07, 6.45) is 2.58. The van der Waals surface area contributed by atoms with E-state index in [1.807, 2.05) is 0 Å². The molecule has 0 amide bonds. The van der Waals surface area contributed by atoms with Crippen molar-refractivity contribution in [2.75, 3.05) is 18.8 Å². The summed E-state index contributed by atoms with van der Waals surface area (Å²) in [7, 11) is -16.4. The van der Waals surface area contributed by atoms with Crippen LogP contribution in [0.2, 0.25) is 0 Å². The molecule has 3 aromatic carbocycles. The maximum absolute atomic E-state index is 14.9. The summed E-state index contributed by atoms with van der Waals surface area (Å²) in [6, 6.07) is 8.53. The van der Waals surface area contributed by atoms with Crippen LogP contribution in [0.1, 0.15) is 0 Å². The zero-order chi connectivity index (χ0) is 26.6. The second-order valence-corrected chi connectivity index (χ2v) is 16.6. The van der Waals surface area contributed by atoms with Gasteiger partial charge in [0, 0.05) is 18.8 Å². The summed E-state index contributed by atoms with van der Waals surface area (Å²) in [5.74, 6) is -2.10. The van der Waals surface area contributed by atoms with Gasteiger partial charge >= 0.3 is 0 Å². The van der Waals surface area contributed by atoms with Crippen molar-refractivity contribution in [3.63, 3.8) is 0 Å². The Morgan fingerprint density at radius 1 is 0.514 bits per heavy atom. The Morgan fingerprint density at radius 3 is 0.943 bits per heavy atom. The first-order valence-corrected chi connectivity index (χ1v) is 17.0. The molecule has 0 saturated carbocycles. The fourth-order valence-electron chi connectivity index (χ4n) is 3.35. The van der Waals surface area contributed by atoms with Crippen molar-refractivity contribution in [3.8, 4) is 17.2 Å². The van der Waals surface area contributed by atoms with Gasteiger partial charge in [-0.25, -0.2) is 25.3 Å². The third-order valence-electron chi connectivity index (χ3n) is 5.14. The number of aromatic hydroxyl groups is 3. The Hall–Kier alpha value is -2.86. The van der Waals surface area contributed by atoms with Gasteiger partial charge in [-0.2, -0.15) is 0 Å². The van der Waals surface area contributed by atoms with Gasteiger partial charge in [0.25, 0.3) is 0 Å². The lowest BCUT2D eigenvalue weighted by Crippen LogP contribution is -2.27. The van der Waals surface area contributed by atoms with Crippen LogP contribution >= 0.6 is 7.14 Å². The Morgan fingerprint density at radius 2 is 0.743 bits per heavy atom. The van der Waals surface area contributed by atoms with Crippen molar-refractivity contribution < 1.29 is 45.1 Å². The normalized spacial score (nSPS) is 13.0. The van der Waals surface area contributed by atoms with Crippen molar-refractivity contribution in [2.24, 2.45) is 0 Å². The highest BCUT2D eigenvalue weighted by molar-refractivity contribution is 7.91. The van der Waals surface area contributed by atoms with Gasteiger partial charge in [-0.05, 0) is 54.6 Å². The number of rotatable bonds is 6. The van der Waals surface area contributed by atoms with E-state index in [4.69, 9.17) is 0 Å². The molecular formula is C21H21O10PS3. The van der Waals surface area contributed by atoms with E-state index >= 15 is 0 Å². The predicted molar refractivity (Wildman–Crippen MR) is 130 cm³/mol. The summed E-state index contributed by atoms with van der Waals surface area (Å²) in [4.78, 5) is -1.12. The lowest BCUT2D eigenvalue weighted by molar-refractivity contribution is 0.476. The van der Waals surface area contributed by atoms with Crippen molar-refractivity contribution in [1.29, 1.82) is 0 Å². The van der Waals surface area contributed by atoms with Gasteiger partial charge in [-0.15, -0.1) is 0 Å². The molecule has 188 valence electrons. The molecule has 0 unspecified atom stereocenters. The molecule has 0 radical (unpaired) electrons. The van der Waals surface area contributed by atoms with Crippen LogP contribution < -0.4 is 15.9 Å². The molecular weight excluding hydrogens is 539 g/mol. The van der Waals surface area contributed by atoms with Crippen LogP contribution in [0.15, 0.2) is 69.3 Å². The molecule has 3 aromatic rings.